The standard InChI is InChI=1S/C23H26N8O/c1-17-19(14-25-23-27-21(16-32-2)28-31(17)23)20-8-9-24-22(26-20)30-12-10-29(11-13-30)15-18-6-4-3-5-7-18/h3-9,14H,10-13,15-16H2,1-2H3. The summed E-state index contributed by atoms with van der Waals surface area (Å²) < 4.78 is 6.88. The highest BCUT2D eigenvalue weighted by molar-refractivity contribution is 5.63. The molecule has 0 atom stereocenters. The van der Waals surface area contributed by atoms with Gasteiger partial charge in [0.25, 0.3) is 5.78 Å². The van der Waals surface area contributed by atoms with Crippen LogP contribution in [0.1, 0.15) is 17.1 Å². The van der Waals surface area contributed by atoms with E-state index in [-0.39, 0.29) is 0 Å². The van der Waals surface area contributed by atoms with Crippen molar-refractivity contribution in [2.24, 2.45) is 0 Å². The average molecular weight is 431 g/mol. The van der Waals surface area contributed by atoms with Gasteiger partial charge in [0.2, 0.25) is 5.95 Å². The SMILES string of the molecule is COCc1nc2ncc(-c3ccnc(N4CCN(Cc5ccccc5)CC4)n3)c(C)n2n1. The molecule has 9 heteroatoms. The smallest absolute Gasteiger partial charge is 0.252 e. The van der Waals surface area contributed by atoms with Crippen molar-refractivity contribution in [2.45, 2.75) is 20.1 Å². The quantitative estimate of drug-likeness (QED) is 0.461. The van der Waals surface area contributed by atoms with Crippen LogP contribution in [0.25, 0.3) is 17.0 Å². The molecule has 3 aromatic heterocycles. The maximum absolute atomic E-state index is 5.14. The van der Waals surface area contributed by atoms with Gasteiger partial charge in [-0.05, 0) is 18.6 Å². The molecule has 0 N–H and O–H groups in total. The van der Waals surface area contributed by atoms with Crippen molar-refractivity contribution < 1.29 is 4.74 Å². The summed E-state index contributed by atoms with van der Waals surface area (Å²) >= 11 is 0. The first-order valence-corrected chi connectivity index (χ1v) is 10.8. The van der Waals surface area contributed by atoms with Gasteiger partial charge < -0.3 is 9.64 Å². The Labute approximate surface area is 186 Å². The second-order valence-electron chi connectivity index (χ2n) is 7.92. The number of fused-ring (bicyclic) bond motifs is 1. The van der Waals surface area contributed by atoms with E-state index in [0.29, 0.717) is 18.2 Å². The highest BCUT2D eigenvalue weighted by atomic mass is 16.5. The van der Waals surface area contributed by atoms with Crippen LogP contribution in [0.15, 0.2) is 48.8 Å². The lowest BCUT2D eigenvalue weighted by Crippen LogP contribution is -2.46. The van der Waals surface area contributed by atoms with Gasteiger partial charge in [0, 0.05) is 57.8 Å². The minimum absolute atomic E-state index is 0.353. The van der Waals surface area contributed by atoms with E-state index < -0.39 is 0 Å². The molecule has 1 aliphatic rings. The lowest BCUT2D eigenvalue weighted by Gasteiger charge is -2.34. The van der Waals surface area contributed by atoms with Gasteiger partial charge in [-0.2, -0.15) is 4.98 Å². The molecule has 0 spiro atoms. The maximum atomic E-state index is 5.14. The molecule has 1 aromatic carbocycles. The molecule has 32 heavy (non-hydrogen) atoms. The van der Waals surface area contributed by atoms with Gasteiger partial charge >= 0.3 is 0 Å². The summed E-state index contributed by atoms with van der Waals surface area (Å²) in [5, 5.41) is 4.50. The Balaban J connectivity index is 1.32. The summed E-state index contributed by atoms with van der Waals surface area (Å²) in [7, 11) is 1.63. The van der Waals surface area contributed by atoms with E-state index in [2.05, 4.69) is 60.2 Å². The van der Waals surface area contributed by atoms with Gasteiger partial charge in [-0.25, -0.2) is 19.5 Å². The van der Waals surface area contributed by atoms with Crippen LogP contribution in [0.2, 0.25) is 0 Å². The molecule has 4 heterocycles. The van der Waals surface area contributed by atoms with E-state index in [4.69, 9.17) is 9.72 Å². The third-order valence-corrected chi connectivity index (χ3v) is 5.75. The zero-order valence-electron chi connectivity index (χ0n) is 18.3. The lowest BCUT2D eigenvalue weighted by molar-refractivity contribution is 0.178. The predicted octanol–water partition coefficient (Wildman–Crippen LogP) is 2.36. The van der Waals surface area contributed by atoms with E-state index in [1.54, 1.807) is 17.8 Å². The summed E-state index contributed by atoms with van der Waals surface area (Å²) in [6.07, 6.45) is 3.62. The van der Waals surface area contributed by atoms with Crippen molar-refractivity contribution in [2.75, 3.05) is 38.2 Å². The lowest BCUT2D eigenvalue weighted by atomic mass is 10.2. The fraction of sp³-hybridized carbons (Fsp3) is 0.348. The minimum atomic E-state index is 0.353. The number of rotatable bonds is 6. The number of hydrogen-bond donors (Lipinski definition) is 0. The zero-order chi connectivity index (χ0) is 21.9. The first-order chi connectivity index (χ1) is 15.7. The Kier molecular flexibility index (Phi) is 5.74. The van der Waals surface area contributed by atoms with Crippen LogP contribution in [0.4, 0.5) is 5.95 Å². The molecule has 1 saturated heterocycles. The molecule has 9 nitrogen and oxygen atoms in total. The fourth-order valence-electron chi connectivity index (χ4n) is 4.02. The van der Waals surface area contributed by atoms with E-state index in [0.717, 1.165) is 55.6 Å². The van der Waals surface area contributed by atoms with Crippen molar-refractivity contribution >= 4 is 11.7 Å². The van der Waals surface area contributed by atoms with Crippen molar-refractivity contribution in [3.8, 4) is 11.3 Å². The number of methoxy groups -OCH3 is 1. The molecular weight excluding hydrogens is 404 g/mol. The maximum Gasteiger partial charge on any atom is 0.252 e. The number of ether oxygens (including phenoxy) is 1. The van der Waals surface area contributed by atoms with Crippen LogP contribution in [0.5, 0.6) is 0 Å². The second kappa shape index (κ2) is 8.97. The summed E-state index contributed by atoms with van der Waals surface area (Å²) in [4.78, 5) is 23.0. The number of nitrogens with zero attached hydrogens (tertiary/aromatic N) is 8. The number of anilines is 1. The molecule has 1 fully saturated rings. The fourth-order valence-corrected chi connectivity index (χ4v) is 4.02. The van der Waals surface area contributed by atoms with Crippen LogP contribution in [0.3, 0.4) is 0 Å². The Morgan fingerprint density at radius 1 is 0.969 bits per heavy atom. The largest absolute Gasteiger partial charge is 0.377 e. The van der Waals surface area contributed by atoms with Gasteiger partial charge in [0.15, 0.2) is 5.82 Å². The molecule has 1 aliphatic heterocycles. The average Bonchev–Trinajstić information content (AvgIpc) is 3.25. The minimum Gasteiger partial charge on any atom is -0.377 e. The van der Waals surface area contributed by atoms with Crippen LogP contribution in [0, 0.1) is 6.92 Å². The molecule has 0 radical (unpaired) electrons. The number of piperazine rings is 1. The van der Waals surface area contributed by atoms with Crippen LogP contribution in [-0.4, -0.2) is 67.7 Å². The number of aromatic nitrogens is 6. The highest BCUT2D eigenvalue weighted by Gasteiger charge is 2.20. The zero-order valence-corrected chi connectivity index (χ0v) is 18.3. The topological polar surface area (TPSA) is 84.6 Å². The number of aryl methyl sites for hydroxylation is 1. The van der Waals surface area contributed by atoms with E-state index >= 15 is 0 Å². The van der Waals surface area contributed by atoms with Gasteiger partial charge in [0.1, 0.15) is 6.61 Å². The van der Waals surface area contributed by atoms with Crippen molar-refractivity contribution in [1.29, 1.82) is 0 Å². The molecule has 164 valence electrons. The van der Waals surface area contributed by atoms with E-state index in [9.17, 15) is 0 Å². The first kappa shape index (κ1) is 20.5. The van der Waals surface area contributed by atoms with Crippen LogP contribution < -0.4 is 4.90 Å². The first-order valence-electron chi connectivity index (χ1n) is 10.8. The molecule has 0 aliphatic carbocycles. The summed E-state index contributed by atoms with van der Waals surface area (Å²) in [6.45, 7) is 7.09. The molecule has 4 aromatic rings. The Hall–Kier alpha value is -3.43. The molecule has 0 unspecified atom stereocenters. The normalized spacial score (nSPS) is 14.9. The molecule has 0 amide bonds. The Morgan fingerprint density at radius 3 is 2.56 bits per heavy atom. The third kappa shape index (κ3) is 4.17. The van der Waals surface area contributed by atoms with Crippen LogP contribution >= 0.6 is 0 Å². The van der Waals surface area contributed by atoms with Crippen molar-refractivity contribution in [3.05, 3.63) is 65.9 Å². The van der Waals surface area contributed by atoms with Crippen molar-refractivity contribution in [3.63, 3.8) is 0 Å². The summed E-state index contributed by atoms with van der Waals surface area (Å²) in [6, 6.07) is 12.5. The summed E-state index contributed by atoms with van der Waals surface area (Å²) in [5.74, 6) is 1.92. The highest BCUT2D eigenvalue weighted by Crippen LogP contribution is 2.23. The summed E-state index contributed by atoms with van der Waals surface area (Å²) in [5.41, 5.74) is 4.02. The Morgan fingerprint density at radius 2 is 1.78 bits per heavy atom. The van der Waals surface area contributed by atoms with Gasteiger partial charge in [-0.3, -0.25) is 4.90 Å². The Bertz CT molecular complexity index is 1200. The monoisotopic (exact) mass is 430 g/mol. The molecule has 5 rings (SSSR count). The molecular formula is C23H26N8O. The molecule has 0 saturated carbocycles. The second-order valence-corrected chi connectivity index (χ2v) is 7.92. The van der Waals surface area contributed by atoms with Gasteiger partial charge in [-0.15, -0.1) is 5.10 Å². The molecule has 0 bridgehead atoms. The van der Waals surface area contributed by atoms with Gasteiger partial charge in [0.05, 0.1) is 11.4 Å². The van der Waals surface area contributed by atoms with Crippen LogP contribution in [-0.2, 0) is 17.9 Å². The van der Waals surface area contributed by atoms with Crippen molar-refractivity contribution in [1.82, 2.24) is 34.4 Å². The third-order valence-electron chi connectivity index (χ3n) is 5.75. The van der Waals surface area contributed by atoms with E-state index in [1.807, 2.05) is 19.2 Å². The number of hydrogen-bond acceptors (Lipinski definition) is 8. The number of benzene rings is 1. The predicted molar refractivity (Wildman–Crippen MR) is 121 cm³/mol. The van der Waals surface area contributed by atoms with E-state index in [1.165, 1.54) is 5.56 Å². The van der Waals surface area contributed by atoms with Gasteiger partial charge in [-0.1, -0.05) is 30.3 Å².